The quantitative estimate of drug-likeness (QED) is 0.724. The van der Waals surface area contributed by atoms with Crippen LogP contribution in [-0.4, -0.2) is 70.2 Å². The maximum atomic E-state index is 12.6. The number of rotatable bonds is 4. The maximum absolute atomic E-state index is 12.6. The van der Waals surface area contributed by atoms with Gasteiger partial charge in [0, 0.05) is 51.5 Å². The van der Waals surface area contributed by atoms with Crippen molar-refractivity contribution in [2.75, 3.05) is 37.6 Å². The molecule has 1 aromatic heterocycles. The first-order valence-electron chi connectivity index (χ1n) is 9.80. The van der Waals surface area contributed by atoms with E-state index in [1.165, 1.54) is 4.90 Å². The minimum Gasteiger partial charge on any atom is -0.339 e. The number of aromatic nitrogens is 2. The normalized spacial score (nSPS) is 25.7. The molecule has 1 aromatic rings. The summed E-state index contributed by atoms with van der Waals surface area (Å²) >= 11 is 0. The van der Waals surface area contributed by atoms with Gasteiger partial charge in [0.05, 0.1) is 11.8 Å². The molecule has 8 heteroatoms. The predicted molar refractivity (Wildman–Crippen MR) is 97.6 cm³/mol. The van der Waals surface area contributed by atoms with Crippen LogP contribution in [0.5, 0.6) is 0 Å². The van der Waals surface area contributed by atoms with Crippen molar-refractivity contribution < 1.29 is 14.4 Å². The molecular weight excluding hydrogens is 346 g/mol. The predicted octanol–water partition coefficient (Wildman–Crippen LogP) is 0.690. The highest BCUT2D eigenvalue weighted by molar-refractivity contribution is 6.05. The summed E-state index contributed by atoms with van der Waals surface area (Å²) in [6.07, 6.45) is 7.28. The van der Waals surface area contributed by atoms with Gasteiger partial charge < -0.3 is 9.80 Å². The Morgan fingerprint density at radius 3 is 2.15 bits per heavy atom. The first kappa shape index (κ1) is 17.9. The van der Waals surface area contributed by atoms with Crippen molar-refractivity contribution >= 4 is 23.7 Å². The van der Waals surface area contributed by atoms with E-state index in [1.807, 2.05) is 0 Å². The Kier molecular flexibility index (Phi) is 5.05. The fraction of sp³-hybridized carbons (Fsp3) is 0.632. The first-order chi connectivity index (χ1) is 13.1. The second-order valence-corrected chi connectivity index (χ2v) is 7.49. The number of nitrogens with zero attached hydrogens (tertiary/aromatic N) is 5. The van der Waals surface area contributed by atoms with E-state index in [0.29, 0.717) is 32.1 Å². The standard InChI is InChI=1S/C19H25N5O3/c25-16(22-10-12-23(13-11-22)19-20-7-3-8-21-19)6-9-24-17(26)14-4-1-2-5-15(14)18(24)27/h3,7-8,14-15H,1-2,4-6,9-13H2/t14-,15-/m0/s1. The number of hydrogen-bond donors (Lipinski definition) is 0. The zero-order chi connectivity index (χ0) is 18.8. The van der Waals surface area contributed by atoms with Crippen molar-refractivity contribution in [2.45, 2.75) is 32.1 Å². The van der Waals surface area contributed by atoms with E-state index < -0.39 is 0 Å². The number of amides is 3. The molecule has 2 atom stereocenters. The van der Waals surface area contributed by atoms with Crippen LogP contribution in [0, 0.1) is 11.8 Å². The molecule has 0 radical (unpaired) electrons. The van der Waals surface area contributed by atoms with Crippen molar-refractivity contribution in [3.63, 3.8) is 0 Å². The third kappa shape index (κ3) is 3.52. The van der Waals surface area contributed by atoms with E-state index in [4.69, 9.17) is 0 Å². The molecule has 2 saturated heterocycles. The third-order valence-electron chi connectivity index (χ3n) is 5.95. The van der Waals surface area contributed by atoms with E-state index in [-0.39, 0.29) is 42.5 Å². The molecule has 2 aliphatic heterocycles. The van der Waals surface area contributed by atoms with Crippen molar-refractivity contribution in [3.05, 3.63) is 18.5 Å². The van der Waals surface area contributed by atoms with Gasteiger partial charge in [-0.1, -0.05) is 12.8 Å². The Morgan fingerprint density at radius 1 is 0.963 bits per heavy atom. The monoisotopic (exact) mass is 371 g/mol. The van der Waals surface area contributed by atoms with Gasteiger partial charge in [-0.25, -0.2) is 9.97 Å². The minimum atomic E-state index is -0.143. The van der Waals surface area contributed by atoms with Crippen molar-refractivity contribution in [2.24, 2.45) is 11.8 Å². The van der Waals surface area contributed by atoms with E-state index >= 15 is 0 Å². The molecule has 3 heterocycles. The molecule has 0 spiro atoms. The zero-order valence-electron chi connectivity index (χ0n) is 15.4. The van der Waals surface area contributed by atoms with Crippen LogP contribution in [0.15, 0.2) is 18.5 Å². The van der Waals surface area contributed by atoms with Crippen LogP contribution in [0.25, 0.3) is 0 Å². The van der Waals surface area contributed by atoms with Gasteiger partial charge in [-0.3, -0.25) is 19.3 Å². The van der Waals surface area contributed by atoms with Gasteiger partial charge in [0.25, 0.3) is 0 Å². The number of carbonyl (C=O) groups is 3. The number of imide groups is 1. The molecule has 0 bridgehead atoms. The molecule has 3 fully saturated rings. The van der Waals surface area contributed by atoms with Gasteiger partial charge in [0.1, 0.15) is 0 Å². The highest BCUT2D eigenvalue weighted by Gasteiger charge is 2.47. The summed E-state index contributed by atoms with van der Waals surface area (Å²) in [5.41, 5.74) is 0. The smallest absolute Gasteiger partial charge is 0.233 e. The maximum Gasteiger partial charge on any atom is 0.233 e. The van der Waals surface area contributed by atoms with Crippen molar-refractivity contribution in [1.82, 2.24) is 19.8 Å². The summed E-state index contributed by atoms with van der Waals surface area (Å²) in [5.74, 6) is 0.262. The van der Waals surface area contributed by atoms with E-state index in [0.717, 1.165) is 25.7 Å². The molecule has 0 N–H and O–H groups in total. The van der Waals surface area contributed by atoms with Gasteiger partial charge in [0.2, 0.25) is 23.7 Å². The lowest BCUT2D eigenvalue weighted by atomic mass is 9.81. The van der Waals surface area contributed by atoms with E-state index in [9.17, 15) is 14.4 Å². The van der Waals surface area contributed by atoms with E-state index in [2.05, 4.69) is 14.9 Å². The highest BCUT2D eigenvalue weighted by atomic mass is 16.2. The second kappa shape index (κ2) is 7.62. The molecule has 27 heavy (non-hydrogen) atoms. The van der Waals surface area contributed by atoms with Gasteiger partial charge in [-0.2, -0.15) is 0 Å². The lowest BCUT2D eigenvalue weighted by molar-refractivity contribution is -0.140. The second-order valence-electron chi connectivity index (χ2n) is 7.49. The summed E-state index contributed by atoms with van der Waals surface area (Å²) in [4.78, 5) is 51.2. The Labute approximate surface area is 158 Å². The molecule has 3 aliphatic rings. The van der Waals surface area contributed by atoms with Crippen LogP contribution in [0.4, 0.5) is 5.95 Å². The molecule has 144 valence electrons. The Hall–Kier alpha value is -2.51. The zero-order valence-corrected chi connectivity index (χ0v) is 15.4. The summed E-state index contributed by atoms with van der Waals surface area (Å²) < 4.78 is 0. The summed E-state index contributed by atoms with van der Waals surface area (Å²) in [5, 5.41) is 0. The average Bonchev–Trinajstić information content (AvgIpc) is 2.97. The Morgan fingerprint density at radius 2 is 1.56 bits per heavy atom. The molecular formula is C19H25N5O3. The number of carbonyl (C=O) groups excluding carboxylic acids is 3. The first-order valence-corrected chi connectivity index (χ1v) is 9.80. The number of anilines is 1. The third-order valence-corrected chi connectivity index (χ3v) is 5.95. The fourth-order valence-corrected chi connectivity index (χ4v) is 4.43. The number of fused-ring (bicyclic) bond motifs is 1. The van der Waals surface area contributed by atoms with Crippen LogP contribution in [0.3, 0.4) is 0 Å². The van der Waals surface area contributed by atoms with Gasteiger partial charge >= 0.3 is 0 Å². The van der Waals surface area contributed by atoms with Crippen molar-refractivity contribution in [3.8, 4) is 0 Å². The van der Waals surface area contributed by atoms with Gasteiger partial charge in [-0.05, 0) is 18.9 Å². The van der Waals surface area contributed by atoms with Crippen LogP contribution in [-0.2, 0) is 14.4 Å². The number of hydrogen-bond acceptors (Lipinski definition) is 6. The lowest BCUT2D eigenvalue weighted by Gasteiger charge is -2.34. The lowest BCUT2D eigenvalue weighted by Crippen LogP contribution is -2.50. The van der Waals surface area contributed by atoms with Gasteiger partial charge in [-0.15, -0.1) is 0 Å². The van der Waals surface area contributed by atoms with E-state index in [1.54, 1.807) is 23.4 Å². The molecule has 0 unspecified atom stereocenters. The number of likely N-dealkylation sites (tertiary alicyclic amines) is 1. The van der Waals surface area contributed by atoms with Crippen LogP contribution < -0.4 is 4.90 Å². The molecule has 0 aromatic carbocycles. The largest absolute Gasteiger partial charge is 0.339 e. The van der Waals surface area contributed by atoms with Crippen LogP contribution in [0.2, 0.25) is 0 Å². The molecule has 1 saturated carbocycles. The SMILES string of the molecule is O=C(CCN1C(=O)[C@H]2CCCC[C@@H]2C1=O)N1CCN(c2ncccn2)CC1. The molecule has 1 aliphatic carbocycles. The fourth-order valence-electron chi connectivity index (χ4n) is 4.43. The summed E-state index contributed by atoms with van der Waals surface area (Å²) in [6.45, 7) is 2.78. The van der Waals surface area contributed by atoms with Crippen LogP contribution >= 0.6 is 0 Å². The van der Waals surface area contributed by atoms with Crippen LogP contribution in [0.1, 0.15) is 32.1 Å². The minimum absolute atomic E-state index is 0.000831. The summed E-state index contributed by atoms with van der Waals surface area (Å²) in [7, 11) is 0. The average molecular weight is 371 g/mol. The Balaban J connectivity index is 1.28. The molecule has 3 amide bonds. The van der Waals surface area contributed by atoms with Gasteiger partial charge in [0.15, 0.2) is 0 Å². The topological polar surface area (TPSA) is 86.7 Å². The van der Waals surface area contributed by atoms with Crippen molar-refractivity contribution in [1.29, 1.82) is 0 Å². The number of piperazine rings is 1. The highest BCUT2D eigenvalue weighted by Crippen LogP contribution is 2.38. The summed E-state index contributed by atoms with van der Waals surface area (Å²) in [6, 6.07) is 1.78. The molecule has 8 nitrogen and oxygen atoms in total. The molecule has 4 rings (SSSR count). The Bertz CT molecular complexity index is 693.